The van der Waals surface area contributed by atoms with Gasteiger partial charge in [-0.15, -0.1) is 10.2 Å². The van der Waals surface area contributed by atoms with Gasteiger partial charge in [0.05, 0.1) is 0 Å². The van der Waals surface area contributed by atoms with Crippen LogP contribution >= 0.6 is 15.9 Å². The van der Waals surface area contributed by atoms with Gasteiger partial charge in [0.25, 0.3) is 0 Å². The number of hydrogen-bond donors (Lipinski definition) is 1. The number of hydrogen-bond acceptors (Lipinski definition) is 3. The summed E-state index contributed by atoms with van der Waals surface area (Å²) in [7, 11) is 0. The van der Waals surface area contributed by atoms with E-state index in [9.17, 15) is 4.79 Å². The zero-order valence-electron chi connectivity index (χ0n) is 9.14. The summed E-state index contributed by atoms with van der Waals surface area (Å²) in [6.07, 6.45) is 4.34. The number of nitrogens with zero attached hydrogens (tertiary/aromatic N) is 3. The van der Waals surface area contributed by atoms with E-state index in [1.807, 2.05) is 22.7 Å². The zero-order valence-corrected chi connectivity index (χ0v) is 10.7. The molecule has 17 heavy (non-hydrogen) atoms. The lowest BCUT2D eigenvalue weighted by molar-refractivity contribution is -0.137. The molecule has 0 aliphatic heterocycles. The molecule has 2 rings (SSSR count). The number of aryl methyl sites for hydroxylation is 1. The summed E-state index contributed by atoms with van der Waals surface area (Å²) in [4.78, 5) is 10.4. The van der Waals surface area contributed by atoms with Crippen LogP contribution < -0.4 is 0 Å². The molecule has 0 spiro atoms. The van der Waals surface area contributed by atoms with E-state index in [2.05, 4.69) is 26.1 Å². The Morgan fingerprint density at radius 2 is 2.18 bits per heavy atom. The first kappa shape index (κ1) is 12.0. The molecule has 0 saturated heterocycles. The Morgan fingerprint density at radius 1 is 1.35 bits per heavy atom. The Hall–Kier alpha value is -1.43. The average Bonchev–Trinajstić information content (AvgIpc) is 2.67. The molecule has 0 saturated carbocycles. The van der Waals surface area contributed by atoms with Gasteiger partial charge in [-0.05, 0) is 40.9 Å². The molecule has 0 aromatic carbocycles. The predicted octanol–water partition coefficient (Wildman–Crippen LogP) is 2.29. The number of aliphatic carboxylic acids is 1. The van der Waals surface area contributed by atoms with Crippen molar-refractivity contribution in [3.8, 4) is 0 Å². The molecule has 6 heteroatoms. The van der Waals surface area contributed by atoms with Crippen molar-refractivity contribution in [2.75, 3.05) is 0 Å². The van der Waals surface area contributed by atoms with Crippen LogP contribution in [0, 0.1) is 0 Å². The Bertz CT molecular complexity index is 538. The minimum Gasteiger partial charge on any atom is -0.481 e. The minimum absolute atomic E-state index is 0.209. The summed E-state index contributed by atoms with van der Waals surface area (Å²) < 4.78 is 2.89. The van der Waals surface area contributed by atoms with Crippen LogP contribution in [0.5, 0.6) is 0 Å². The summed E-state index contributed by atoms with van der Waals surface area (Å²) in [6.45, 7) is 0. The number of carbonyl (C=O) groups is 1. The Kier molecular flexibility index (Phi) is 3.73. The number of pyridine rings is 1. The second-order valence-corrected chi connectivity index (χ2v) is 4.71. The highest BCUT2D eigenvalue weighted by atomic mass is 79.9. The number of carboxylic acids is 1. The highest BCUT2D eigenvalue weighted by molar-refractivity contribution is 9.10. The van der Waals surface area contributed by atoms with E-state index in [-0.39, 0.29) is 6.42 Å². The Balaban J connectivity index is 2.03. The van der Waals surface area contributed by atoms with Gasteiger partial charge in [-0.2, -0.15) is 0 Å². The maximum atomic E-state index is 10.4. The normalized spacial score (nSPS) is 10.9. The first-order chi connectivity index (χ1) is 8.16. The van der Waals surface area contributed by atoms with Crippen molar-refractivity contribution in [3.05, 3.63) is 28.6 Å². The Morgan fingerprint density at radius 3 is 2.94 bits per heavy atom. The van der Waals surface area contributed by atoms with Gasteiger partial charge in [-0.3, -0.25) is 9.20 Å². The quantitative estimate of drug-likeness (QED) is 0.860. The van der Waals surface area contributed by atoms with Gasteiger partial charge in [0.2, 0.25) is 0 Å². The lowest BCUT2D eigenvalue weighted by atomic mass is 10.2. The largest absolute Gasteiger partial charge is 0.481 e. The summed E-state index contributed by atoms with van der Waals surface area (Å²) in [6, 6.07) is 3.80. The third-order valence-electron chi connectivity index (χ3n) is 2.48. The summed E-state index contributed by atoms with van der Waals surface area (Å²) in [5.74, 6) is 0.116. The number of fused-ring (bicyclic) bond motifs is 1. The van der Waals surface area contributed by atoms with Crippen LogP contribution in [0.3, 0.4) is 0 Å². The number of rotatable bonds is 5. The first-order valence-electron chi connectivity index (χ1n) is 5.38. The molecule has 0 aliphatic rings. The fourth-order valence-corrected chi connectivity index (χ4v) is 1.98. The van der Waals surface area contributed by atoms with Crippen molar-refractivity contribution in [1.82, 2.24) is 14.6 Å². The third-order valence-corrected chi connectivity index (χ3v) is 2.95. The van der Waals surface area contributed by atoms with Crippen molar-refractivity contribution >= 4 is 27.5 Å². The van der Waals surface area contributed by atoms with Crippen LogP contribution in [-0.2, 0) is 11.2 Å². The van der Waals surface area contributed by atoms with Crippen LogP contribution in [0.4, 0.5) is 0 Å². The summed E-state index contributed by atoms with van der Waals surface area (Å²) in [5, 5.41) is 16.7. The van der Waals surface area contributed by atoms with E-state index in [0.717, 1.165) is 28.8 Å². The molecule has 0 amide bonds. The van der Waals surface area contributed by atoms with Gasteiger partial charge in [-0.1, -0.05) is 0 Å². The Labute approximate surface area is 107 Å². The molecule has 0 atom stereocenters. The maximum Gasteiger partial charge on any atom is 0.303 e. The molecule has 0 unspecified atom stereocenters. The molecule has 1 N–H and O–H groups in total. The monoisotopic (exact) mass is 297 g/mol. The van der Waals surface area contributed by atoms with E-state index < -0.39 is 5.97 Å². The zero-order chi connectivity index (χ0) is 12.3. The van der Waals surface area contributed by atoms with Crippen LogP contribution in [0.2, 0.25) is 0 Å². The van der Waals surface area contributed by atoms with Crippen molar-refractivity contribution in [3.63, 3.8) is 0 Å². The predicted molar refractivity (Wildman–Crippen MR) is 65.9 cm³/mol. The lowest BCUT2D eigenvalue weighted by Crippen LogP contribution is -1.98. The molecule has 2 heterocycles. The van der Waals surface area contributed by atoms with Crippen molar-refractivity contribution < 1.29 is 9.90 Å². The van der Waals surface area contributed by atoms with E-state index in [1.165, 1.54) is 0 Å². The van der Waals surface area contributed by atoms with Crippen LogP contribution in [0.15, 0.2) is 22.8 Å². The third kappa shape index (κ3) is 3.03. The highest BCUT2D eigenvalue weighted by Crippen LogP contribution is 2.13. The SMILES string of the molecule is O=C(O)CCCCc1nnc2ccc(Br)cn12. The van der Waals surface area contributed by atoms with E-state index in [4.69, 9.17) is 5.11 Å². The fourth-order valence-electron chi connectivity index (χ4n) is 1.64. The van der Waals surface area contributed by atoms with Crippen LogP contribution in [0.1, 0.15) is 25.1 Å². The van der Waals surface area contributed by atoms with E-state index in [1.54, 1.807) is 0 Å². The lowest BCUT2D eigenvalue weighted by Gasteiger charge is -1.99. The van der Waals surface area contributed by atoms with Gasteiger partial charge in [0, 0.05) is 23.5 Å². The molecule has 0 bridgehead atoms. The van der Waals surface area contributed by atoms with E-state index >= 15 is 0 Å². The van der Waals surface area contributed by atoms with Crippen molar-refractivity contribution in [2.24, 2.45) is 0 Å². The van der Waals surface area contributed by atoms with Gasteiger partial charge < -0.3 is 5.11 Å². The molecule has 0 fully saturated rings. The fraction of sp³-hybridized carbons (Fsp3) is 0.364. The number of unbranched alkanes of at least 4 members (excludes halogenated alkanes) is 1. The van der Waals surface area contributed by atoms with Crippen molar-refractivity contribution in [2.45, 2.75) is 25.7 Å². The number of aromatic nitrogens is 3. The van der Waals surface area contributed by atoms with Gasteiger partial charge in [-0.25, -0.2) is 0 Å². The van der Waals surface area contributed by atoms with Crippen molar-refractivity contribution in [1.29, 1.82) is 0 Å². The van der Waals surface area contributed by atoms with Crippen LogP contribution in [0.25, 0.3) is 5.65 Å². The molecule has 2 aromatic heterocycles. The second-order valence-electron chi connectivity index (χ2n) is 3.79. The molecule has 0 aliphatic carbocycles. The molecule has 0 radical (unpaired) electrons. The number of carboxylic acid groups (broad SMARTS) is 1. The topological polar surface area (TPSA) is 67.5 Å². The first-order valence-corrected chi connectivity index (χ1v) is 6.17. The molecule has 2 aromatic rings. The molecular formula is C11H12BrN3O2. The van der Waals surface area contributed by atoms with Crippen LogP contribution in [-0.4, -0.2) is 25.7 Å². The summed E-state index contributed by atoms with van der Waals surface area (Å²) in [5.41, 5.74) is 0.807. The second kappa shape index (κ2) is 5.27. The highest BCUT2D eigenvalue weighted by Gasteiger charge is 2.05. The average molecular weight is 298 g/mol. The molecule has 90 valence electrons. The van der Waals surface area contributed by atoms with Gasteiger partial charge >= 0.3 is 5.97 Å². The number of halogens is 1. The van der Waals surface area contributed by atoms with E-state index in [0.29, 0.717) is 6.42 Å². The maximum absolute atomic E-state index is 10.4. The summed E-state index contributed by atoms with van der Waals surface area (Å²) >= 11 is 3.40. The minimum atomic E-state index is -0.751. The van der Waals surface area contributed by atoms with Gasteiger partial charge in [0.1, 0.15) is 5.82 Å². The smallest absolute Gasteiger partial charge is 0.303 e. The molecule has 5 nitrogen and oxygen atoms in total. The standard InChI is InChI=1S/C11H12BrN3O2/c12-8-5-6-10-14-13-9(15(10)7-8)3-1-2-4-11(16)17/h5-7H,1-4H2,(H,16,17). The molecular weight excluding hydrogens is 286 g/mol. The van der Waals surface area contributed by atoms with Gasteiger partial charge in [0.15, 0.2) is 5.65 Å².